The highest BCUT2D eigenvalue weighted by Crippen LogP contribution is 2.23. The van der Waals surface area contributed by atoms with Gasteiger partial charge in [0.05, 0.1) is 20.8 Å². The van der Waals surface area contributed by atoms with Gasteiger partial charge in [-0.1, -0.05) is 0 Å². The molecule has 17 heavy (non-hydrogen) atoms. The van der Waals surface area contributed by atoms with Crippen LogP contribution in [0.15, 0.2) is 18.2 Å². The maximum absolute atomic E-state index is 11.9. The van der Waals surface area contributed by atoms with Crippen LogP contribution in [0.4, 0.5) is 0 Å². The van der Waals surface area contributed by atoms with Crippen molar-refractivity contribution in [3.63, 3.8) is 0 Å². The SMILES string of the molecule is Cc1nc2cc(C(=O)OC(C)(C)C)ccc2s1. The van der Waals surface area contributed by atoms with Gasteiger partial charge in [0.2, 0.25) is 0 Å². The van der Waals surface area contributed by atoms with Crippen LogP contribution in [0.5, 0.6) is 0 Å². The molecule has 0 radical (unpaired) electrons. The number of hydrogen-bond donors (Lipinski definition) is 0. The van der Waals surface area contributed by atoms with E-state index in [2.05, 4.69) is 4.98 Å². The largest absolute Gasteiger partial charge is 0.456 e. The second-order valence-electron chi connectivity index (χ2n) is 4.92. The average Bonchev–Trinajstić information content (AvgIpc) is 2.53. The minimum absolute atomic E-state index is 0.301. The van der Waals surface area contributed by atoms with Gasteiger partial charge in [-0.2, -0.15) is 0 Å². The maximum atomic E-state index is 11.9. The Hall–Kier alpha value is -1.42. The smallest absolute Gasteiger partial charge is 0.338 e. The number of aromatic nitrogens is 1. The Morgan fingerprint density at radius 1 is 1.35 bits per heavy atom. The molecule has 0 fully saturated rings. The number of hydrogen-bond acceptors (Lipinski definition) is 4. The van der Waals surface area contributed by atoms with Gasteiger partial charge in [-0.05, 0) is 45.9 Å². The molecule has 0 aliphatic heterocycles. The van der Waals surface area contributed by atoms with Crippen molar-refractivity contribution < 1.29 is 9.53 Å². The van der Waals surface area contributed by atoms with Gasteiger partial charge in [-0.25, -0.2) is 9.78 Å². The van der Waals surface area contributed by atoms with E-state index in [-0.39, 0.29) is 5.97 Å². The van der Waals surface area contributed by atoms with Crippen LogP contribution in [0.1, 0.15) is 36.1 Å². The summed E-state index contributed by atoms with van der Waals surface area (Å²) < 4.78 is 6.41. The number of fused-ring (bicyclic) bond motifs is 1. The third-order valence-electron chi connectivity index (χ3n) is 2.13. The van der Waals surface area contributed by atoms with Gasteiger partial charge in [0.15, 0.2) is 0 Å². The average molecular weight is 249 g/mol. The number of thiazole rings is 1. The minimum Gasteiger partial charge on any atom is -0.456 e. The van der Waals surface area contributed by atoms with Gasteiger partial charge in [0.1, 0.15) is 5.60 Å². The molecule has 1 aromatic heterocycles. The molecule has 0 bridgehead atoms. The number of aryl methyl sites for hydroxylation is 1. The lowest BCUT2D eigenvalue weighted by Gasteiger charge is -2.19. The van der Waals surface area contributed by atoms with Crippen molar-refractivity contribution in [3.05, 3.63) is 28.8 Å². The summed E-state index contributed by atoms with van der Waals surface area (Å²) in [6.07, 6.45) is 0. The number of ether oxygens (including phenoxy) is 1. The molecule has 4 heteroatoms. The molecule has 1 heterocycles. The Bertz CT molecular complexity index is 566. The van der Waals surface area contributed by atoms with Gasteiger partial charge in [-0.15, -0.1) is 11.3 Å². The van der Waals surface area contributed by atoms with E-state index in [1.54, 1.807) is 23.5 Å². The lowest BCUT2D eigenvalue weighted by molar-refractivity contribution is 0.00697. The van der Waals surface area contributed by atoms with E-state index in [4.69, 9.17) is 4.74 Å². The predicted octanol–water partition coefficient (Wildman–Crippen LogP) is 3.56. The van der Waals surface area contributed by atoms with Crippen LogP contribution < -0.4 is 0 Å². The van der Waals surface area contributed by atoms with E-state index < -0.39 is 5.60 Å². The topological polar surface area (TPSA) is 39.2 Å². The molecule has 90 valence electrons. The van der Waals surface area contributed by atoms with E-state index in [0.717, 1.165) is 15.2 Å². The second kappa shape index (κ2) is 4.11. The molecule has 0 amide bonds. The first kappa shape index (κ1) is 12.0. The summed E-state index contributed by atoms with van der Waals surface area (Å²) >= 11 is 1.62. The van der Waals surface area contributed by atoms with Crippen LogP contribution in [0, 0.1) is 6.92 Å². The number of esters is 1. The van der Waals surface area contributed by atoms with Gasteiger partial charge in [0.25, 0.3) is 0 Å². The lowest BCUT2D eigenvalue weighted by Crippen LogP contribution is -2.23. The van der Waals surface area contributed by atoms with Crippen molar-refractivity contribution in [1.29, 1.82) is 0 Å². The molecular weight excluding hydrogens is 234 g/mol. The first-order valence-electron chi connectivity index (χ1n) is 5.46. The monoisotopic (exact) mass is 249 g/mol. The van der Waals surface area contributed by atoms with Crippen LogP contribution in [-0.2, 0) is 4.74 Å². The summed E-state index contributed by atoms with van der Waals surface area (Å²) in [4.78, 5) is 16.2. The summed E-state index contributed by atoms with van der Waals surface area (Å²) in [5.41, 5.74) is 0.943. The van der Waals surface area contributed by atoms with Crippen LogP contribution in [-0.4, -0.2) is 16.6 Å². The van der Waals surface area contributed by atoms with Gasteiger partial charge in [-0.3, -0.25) is 0 Å². The Morgan fingerprint density at radius 2 is 2.06 bits per heavy atom. The molecule has 0 saturated heterocycles. The van der Waals surface area contributed by atoms with E-state index >= 15 is 0 Å². The molecular formula is C13H15NO2S. The van der Waals surface area contributed by atoms with E-state index in [9.17, 15) is 4.79 Å². The van der Waals surface area contributed by atoms with E-state index in [1.807, 2.05) is 33.8 Å². The Balaban J connectivity index is 2.33. The summed E-state index contributed by atoms with van der Waals surface area (Å²) in [5.74, 6) is -0.301. The van der Waals surface area contributed by atoms with Gasteiger partial charge >= 0.3 is 5.97 Å². The molecule has 2 rings (SSSR count). The predicted molar refractivity (Wildman–Crippen MR) is 69.5 cm³/mol. The summed E-state index contributed by atoms with van der Waals surface area (Å²) in [5, 5.41) is 1.00. The molecule has 0 saturated carbocycles. The van der Waals surface area contributed by atoms with Gasteiger partial charge < -0.3 is 4.74 Å². The summed E-state index contributed by atoms with van der Waals surface area (Å²) in [6.45, 7) is 7.53. The molecule has 2 aromatic rings. The molecule has 3 nitrogen and oxygen atoms in total. The molecule has 0 aliphatic carbocycles. The molecule has 1 aromatic carbocycles. The fourth-order valence-electron chi connectivity index (χ4n) is 1.51. The number of rotatable bonds is 1. The van der Waals surface area contributed by atoms with Crippen molar-refractivity contribution in [2.24, 2.45) is 0 Å². The van der Waals surface area contributed by atoms with Crippen molar-refractivity contribution in [2.45, 2.75) is 33.3 Å². The highest BCUT2D eigenvalue weighted by molar-refractivity contribution is 7.18. The quantitative estimate of drug-likeness (QED) is 0.725. The van der Waals surface area contributed by atoms with Crippen LogP contribution >= 0.6 is 11.3 Å². The van der Waals surface area contributed by atoms with E-state index in [1.165, 1.54) is 0 Å². The highest BCUT2D eigenvalue weighted by Gasteiger charge is 2.18. The number of carbonyl (C=O) groups excluding carboxylic acids is 1. The van der Waals surface area contributed by atoms with Crippen molar-refractivity contribution in [1.82, 2.24) is 4.98 Å². The first-order valence-corrected chi connectivity index (χ1v) is 6.27. The molecule has 0 unspecified atom stereocenters. The second-order valence-corrected chi connectivity index (χ2v) is 6.15. The highest BCUT2D eigenvalue weighted by atomic mass is 32.1. The zero-order chi connectivity index (χ0) is 12.6. The Labute approximate surface area is 104 Å². The van der Waals surface area contributed by atoms with Crippen molar-refractivity contribution in [3.8, 4) is 0 Å². The van der Waals surface area contributed by atoms with Crippen molar-refractivity contribution in [2.75, 3.05) is 0 Å². The summed E-state index contributed by atoms with van der Waals surface area (Å²) in [6, 6.07) is 5.49. The van der Waals surface area contributed by atoms with Gasteiger partial charge in [0, 0.05) is 0 Å². The first-order chi connectivity index (χ1) is 7.85. The van der Waals surface area contributed by atoms with Crippen LogP contribution in [0.3, 0.4) is 0 Å². The lowest BCUT2D eigenvalue weighted by atomic mass is 10.1. The Kier molecular flexibility index (Phi) is 2.91. The molecule has 0 spiro atoms. The number of nitrogens with zero attached hydrogens (tertiary/aromatic N) is 1. The maximum Gasteiger partial charge on any atom is 0.338 e. The third-order valence-corrected chi connectivity index (χ3v) is 3.08. The van der Waals surface area contributed by atoms with Crippen molar-refractivity contribution >= 4 is 27.5 Å². The fourth-order valence-corrected chi connectivity index (χ4v) is 2.31. The fraction of sp³-hybridized carbons (Fsp3) is 0.385. The number of carbonyl (C=O) groups is 1. The zero-order valence-corrected chi connectivity index (χ0v) is 11.2. The van der Waals surface area contributed by atoms with Crippen LogP contribution in [0.2, 0.25) is 0 Å². The third kappa shape index (κ3) is 2.82. The molecule has 0 N–H and O–H groups in total. The minimum atomic E-state index is -0.468. The van der Waals surface area contributed by atoms with Crippen LogP contribution in [0.25, 0.3) is 10.2 Å². The normalized spacial score (nSPS) is 11.8. The molecule has 0 aliphatic rings. The van der Waals surface area contributed by atoms with E-state index in [0.29, 0.717) is 5.56 Å². The number of benzene rings is 1. The zero-order valence-electron chi connectivity index (χ0n) is 10.4. The standard InChI is InChI=1S/C13H15NO2S/c1-8-14-10-7-9(5-6-11(10)17-8)12(15)16-13(2,3)4/h5-7H,1-4H3. The summed E-state index contributed by atoms with van der Waals surface area (Å²) in [7, 11) is 0. The Morgan fingerprint density at radius 3 is 2.71 bits per heavy atom. The molecule has 0 atom stereocenters.